The summed E-state index contributed by atoms with van der Waals surface area (Å²) in [5.41, 5.74) is -0.435. The van der Waals surface area contributed by atoms with E-state index in [2.05, 4.69) is 22.6 Å². The van der Waals surface area contributed by atoms with Gasteiger partial charge in [-0.15, -0.1) is 0 Å². The lowest BCUT2D eigenvalue weighted by Crippen LogP contribution is -2.29. The van der Waals surface area contributed by atoms with Gasteiger partial charge in [0.2, 0.25) is 0 Å². The number of alkyl halides is 1. The van der Waals surface area contributed by atoms with Gasteiger partial charge in [-0.1, -0.05) is 22.6 Å². The van der Waals surface area contributed by atoms with Crippen LogP contribution in [0.1, 0.15) is 46.5 Å². The second-order valence-electron chi connectivity index (χ2n) is 5.07. The van der Waals surface area contributed by atoms with Gasteiger partial charge >= 0.3 is 5.97 Å². The molecule has 2 nitrogen and oxygen atoms in total. The van der Waals surface area contributed by atoms with Gasteiger partial charge in [-0.3, -0.25) is 4.79 Å². The average molecular weight is 310 g/mol. The van der Waals surface area contributed by atoms with Crippen molar-refractivity contribution in [2.45, 2.75) is 52.1 Å². The van der Waals surface area contributed by atoms with Gasteiger partial charge < -0.3 is 4.74 Å². The van der Waals surface area contributed by atoms with E-state index in [0.29, 0.717) is 0 Å². The van der Waals surface area contributed by atoms with E-state index >= 15 is 0 Å². The van der Waals surface area contributed by atoms with E-state index in [0.717, 1.165) is 30.1 Å². The third kappa shape index (κ3) is 3.41. The molecule has 3 heteroatoms. The Kier molecular flexibility index (Phi) is 3.83. The van der Waals surface area contributed by atoms with Crippen molar-refractivity contribution in [2.75, 3.05) is 4.43 Å². The topological polar surface area (TPSA) is 26.3 Å². The van der Waals surface area contributed by atoms with Crippen molar-refractivity contribution in [3.63, 3.8) is 0 Å². The molecule has 0 atom stereocenters. The molecule has 0 N–H and O–H groups in total. The summed E-state index contributed by atoms with van der Waals surface area (Å²) in [6.07, 6.45) is 4.18. The number of halogens is 1. The van der Waals surface area contributed by atoms with E-state index < -0.39 is 0 Å². The molecular weight excluding hydrogens is 291 g/mol. The second kappa shape index (κ2) is 4.37. The maximum absolute atomic E-state index is 11.8. The van der Waals surface area contributed by atoms with E-state index in [1.54, 1.807) is 0 Å². The summed E-state index contributed by atoms with van der Waals surface area (Å²) >= 11 is 2.35. The van der Waals surface area contributed by atoms with Crippen LogP contribution in [0.15, 0.2) is 0 Å². The van der Waals surface area contributed by atoms with Gasteiger partial charge in [0.15, 0.2) is 0 Å². The normalized spacial score (nSPS) is 19.1. The second-order valence-corrected chi connectivity index (χ2v) is 6.15. The highest BCUT2D eigenvalue weighted by atomic mass is 127. The lowest BCUT2D eigenvalue weighted by atomic mass is 10.0. The molecule has 0 bridgehead atoms. The van der Waals surface area contributed by atoms with Crippen LogP contribution < -0.4 is 0 Å². The third-order valence-electron chi connectivity index (χ3n) is 2.47. The van der Waals surface area contributed by atoms with Crippen LogP contribution in [0.3, 0.4) is 0 Å². The predicted molar refractivity (Wildman–Crippen MR) is 65.6 cm³/mol. The summed E-state index contributed by atoms with van der Waals surface area (Å²) in [6.45, 7) is 5.79. The third-order valence-corrected chi connectivity index (χ3v) is 3.24. The molecule has 0 aromatic carbocycles. The van der Waals surface area contributed by atoms with Crippen molar-refractivity contribution in [3.8, 4) is 0 Å². The van der Waals surface area contributed by atoms with Crippen molar-refractivity contribution in [1.29, 1.82) is 0 Å². The maximum atomic E-state index is 11.8. The number of ether oxygens (including phenoxy) is 1. The van der Waals surface area contributed by atoms with Crippen LogP contribution in [0, 0.1) is 5.41 Å². The van der Waals surface area contributed by atoms with Gasteiger partial charge in [-0.2, -0.15) is 0 Å². The first kappa shape index (κ1) is 12.3. The van der Waals surface area contributed by atoms with Crippen molar-refractivity contribution in [1.82, 2.24) is 0 Å². The fourth-order valence-corrected chi connectivity index (χ4v) is 1.88. The molecular formula is C11H19IO2. The molecule has 0 saturated heterocycles. The summed E-state index contributed by atoms with van der Waals surface area (Å²) in [5.74, 6) is 0.0230. The summed E-state index contributed by atoms with van der Waals surface area (Å²) in [7, 11) is 0. The lowest BCUT2D eigenvalue weighted by Gasteiger charge is -2.23. The zero-order valence-corrected chi connectivity index (χ0v) is 11.4. The Labute approximate surface area is 99.9 Å². The van der Waals surface area contributed by atoms with Crippen molar-refractivity contribution in [2.24, 2.45) is 5.41 Å². The Hall–Kier alpha value is 0.200. The van der Waals surface area contributed by atoms with Gasteiger partial charge in [0, 0.05) is 0 Å². The number of carbonyl (C=O) groups is 1. The van der Waals surface area contributed by atoms with Crippen molar-refractivity contribution < 1.29 is 9.53 Å². The van der Waals surface area contributed by atoms with Crippen LogP contribution in [0.25, 0.3) is 0 Å². The highest BCUT2D eigenvalue weighted by Gasteiger charge is 2.51. The fourth-order valence-electron chi connectivity index (χ4n) is 1.50. The molecule has 82 valence electrons. The summed E-state index contributed by atoms with van der Waals surface area (Å²) in [5, 5.41) is 0. The van der Waals surface area contributed by atoms with E-state index in [1.807, 2.05) is 20.8 Å². The van der Waals surface area contributed by atoms with Crippen LogP contribution >= 0.6 is 22.6 Å². The molecule has 0 aromatic rings. The summed E-state index contributed by atoms with van der Waals surface area (Å²) in [4.78, 5) is 11.8. The van der Waals surface area contributed by atoms with E-state index in [4.69, 9.17) is 4.74 Å². The van der Waals surface area contributed by atoms with Gasteiger partial charge in [-0.25, -0.2) is 0 Å². The number of esters is 1. The molecule has 14 heavy (non-hydrogen) atoms. The summed E-state index contributed by atoms with van der Waals surface area (Å²) < 4.78 is 6.55. The number of hydrogen-bond acceptors (Lipinski definition) is 2. The molecule has 0 aromatic heterocycles. The van der Waals surface area contributed by atoms with Crippen LogP contribution in [0.5, 0.6) is 0 Å². The molecule has 1 aliphatic rings. The highest BCUT2D eigenvalue weighted by molar-refractivity contribution is 14.1. The van der Waals surface area contributed by atoms with E-state index in [-0.39, 0.29) is 17.0 Å². The molecule has 1 saturated carbocycles. The van der Waals surface area contributed by atoms with Gasteiger partial charge in [0.05, 0.1) is 5.41 Å². The first-order chi connectivity index (χ1) is 6.40. The standard InChI is InChI=1S/C11H19IO2/c1-10(2,3)14-9(13)11(6-7-11)5-4-8-12/h4-8H2,1-3H3. The molecule has 1 aliphatic carbocycles. The Morgan fingerprint density at radius 1 is 1.43 bits per heavy atom. The summed E-state index contributed by atoms with van der Waals surface area (Å²) in [6, 6.07) is 0. The first-order valence-electron chi connectivity index (χ1n) is 5.19. The first-order valence-corrected chi connectivity index (χ1v) is 6.72. The van der Waals surface area contributed by atoms with Crippen LogP contribution in [0.4, 0.5) is 0 Å². The molecule has 1 rings (SSSR count). The zero-order valence-electron chi connectivity index (χ0n) is 9.23. The molecule has 1 fully saturated rings. The van der Waals surface area contributed by atoms with Gasteiger partial charge in [-0.05, 0) is 50.9 Å². The monoisotopic (exact) mass is 310 g/mol. The Bertz CT molecular complexity index is 214. The number of hydrogen-bond donors (Lipinski definition) is 0. The molecule has 0 aliphatic heterocycles. The molecule has 0 amide bonds. The number of carbonyl (C=O) groups excluding carboxylic acids is 1. The number of rotatable bonds is 4. The Morgan fingerprint density at radius 3 is 2.36 bits per heavy atom. The quantitative estimate of drug-likeness (QED) is 0.452. The van der Waals surface area contributed by atoms with Crippen molar-refractivity contribution in [3.05, 3.63) is 0 Å². The smallest absolute Gasteiger partial charge is 0.312 e. The minimum absolute atomic E-state index is 0.0230. The van der Waals surface area contributed by atoms with Crippen LogP contribution in [0.2, 0.25) is 0 Å². The Balaban J connectivity index is 2.44. The molecule has 0 heterocycles. The van der Waals surface area contributed by atoms with Crippen LogP contribution in [-0.2, 0) is 9.53 Å². The maximum Gasteiger partial charge on any atom is 0.312 e. The van der Waals surface area contributed by atoms with Crippen molar-refractivity contribution >= 4 is 28.6 Å². The molecule has 0 unspecified atom stereocenters. The SMILES string of the molecule is CC(C)(C)OC(=O)C1(CCCI)CC1. The highest BCUT2D eigenvalue weighted by Crippen LogP contribution is 2.51. The largest absolute Gasteiger partial charge is 0.460 e. The fraction of sp³-hybridized carbons (Fsp3) is 0.909. The van der Waals surface area contributed by atoms with E-state index in [1.165, 1.54) is 0 Å². The van der Waals surface area contributed by atoms with Crippen LogP contribution in [-0.4, -0.2) is 16.0 Å². The Morgan fingerprint density at radius 2 is 2.00 bits per heavy atom. The van der Waals surface area contributed by atoms with Gasteiger partial charge in [0.1, 0.15) is 5.60 Å². The minimum atomic E-state index is -0.336. The lowest BCUT2D eigenvalue weighted by molar-refractivity contribution is -0.162. The average Bonchev–Trinajstić information content (AvgIpc) is 2.78. The predicted octanol–water partition coefficient (Wildman–Crippen LogP) is 3.32. The minimum Gasteiger partial charge on any atom is -0.460 e. The zero-order chi connectivity index (χ0) is 10.8. The van der Waals surface area contributed by atoms with Gasteiger partial charge in [0.25, 0.3) is 0 Å². The molecule has 0 radical (unpaired) electrons. The molecule has 0 spiro atoms. The van der Waals surface area contributed by atoms with E-state index in [9.17, 15) is 4.79 Å².